The number of rotatable bonds is 6. The summed E-state index contributed by atoms with van der Waals surface area (Å²) in [7, 11) is 1.83. The van der Waals surface area contributed by atoms with Gasteiger partial charge in [-0.3, -0.25) is 19.3 Å². The molecule has 3 amide bonds. The Balaban J connectivity index is 3.54. The molecule has 5 heteroatoms. The second-order valence-electron chi connectivity index (χ2n) is 10.2. The van der Waals surface area contributed by atoms with E-state index in [-0.39, 0.29) is 40.5 Å². The van der Waals surface area contributed by atoms with E-state index in [4.69, 9.17) is 0 Å². The molecule has 0 aromatic carbocycles. The predicted octanol–water partition coefficient (Wildman–Crippen LogP) is 3.96. The quantitative estimate of drug-likeness (QED) is 0.655. The van der Waals surface area contributed by atoms with Gasteiger partial charge in [0.05, 0.1) is 11.8 Å². The summed E-state index contributed by atoms with van der Waals surface area (Å²) < 4.78 is 0. The zero-order chi connectivity index (χ0) is 21.5. The summed E-state index contributed by atoms with van der Waals surface area (Å²) in [6.45, 7) is 20.5. The lowest BCUT2D eigenvalue weighted by atomic mass is 9.53. The van der Waals surface area contributed by atoms with Gasteiger partial charge in [0.1, 0.15) is 0 Å². The molecule has 0 spiro atoms. The van der Waals surface area contributed by atoms with Crippen molar-refractivity contribution < 1.29 is 14.4 Å². The van der Waals surface area contributed by atoms with E-state index < -0.39 is 11.3 Å². The summed E-state index contributed by atoms with van der Waals surface area (Å²) in [6, 6.07) is -0.0239. The molecule has 1 heterocycles. The summed E-state index contributed by atoms with van der Waals surface area (Å²) in [6.07, 6.45) is 0.791. The molecule has 1 fully saturated rings. The summed E-state index contributed by atoms with van der Waals surface area (Å²) in [4.78, 5) is 41.7. The average Bonchev–Trinajstić information content (AvgIpc) is 2.77. The number of imide groups is 1. The van der Waals surface area contributed by atoms with Crippen LogP contribution in [0.3, 0.4) is 0 Å². The molecule has 0 N–H and O–H groups in total. The molecule has 0 aliphatic carbocycles. The van der Waals surface area contributed by atoms with Gasteiger partial charge in [-0.2, -0.15) is 0 Å². The maximum Gasteiger partial charge on any atom is 0.233 e. The topological polar surface area (TPSA) is 57.7 Å². The van der Waals surface area contributed by atoms with Crippen LogP contribution in [0, 0.1) is 28.1 Å². The first-order chi connectivity index (χ1) is 12.1. The van der Waals surface area contributed by atoms with Crippen molar-refractivity contribution in [3.63, 3.8) is 0 Å². The van der Waals surface area contributed by atoms with Crippen molar-refractivity contribution in [3.8, 4) is 0 Å². The molecule has 0 saturated carbocycles. The van der Waals surface area contributed by atoms with Crippen molar-refractivity contribution >= 4 is 17.7 Å². The Hall–Kier alpha value is -1.39. The molecule has 0 aromatic rings. The third kappa shape index (κ3) is 3.79. The first kappa shape index (κ1) is 23.6. The van der Waals surface area contributed by atoms with E-state index in [9.17, 15) is 14.4 Å². The van der Waals surface area contributed by atoms with Crippen LogP contribution in [-0.4, -0.2) is 47.2 Å². The van der Waals surface area contributed by atoms with Crippen LogP contribution in [0.5, 0.6) is 0 Å². The van der Waals surface area contributed by atoms with E-state index in [0.717, 1.165) is 6.42 Å². The highest BCUT2D eigenvalue weighted by atomic mass is 16.2. The van der Waals surface area contributed by atoms with Crippen molar-refractivity contribution in [1.82, 2.24) is 9.80 Å². The Morgan fingerprint density at radius 3 is 1.78 bits per heavy atom. The fourth-order valence-corrected chi connectivity index (χ4v) is 4.95. The Kier molecular flexibility index (Phi) is 6.62. The molecule has 3 unspecified atom stereocenters. The molecule has 1 rings (SSSR count). The first-order valence-electron chi connectivity index (χ1n) is 10.2. The average molecular weight is 381 g/mol. The van der Waals surface area contributed by atoms with Crippen LogP contribution < -0.4 is 0 Å². The monoisotopic (exact) mass is 380 g/mol. The van der Waals surface area contributed by atoms with Gasteiger partial charge >= 0.3 is 0 Å². The third-order valence-corrected chi connectivity index (χ3v) is 7.27. The molecular weight excluding hydrogens is 340 g/mol. The van der Waals surface area contributed by atoms with Gasteiger partial charge in [0.2, 0.25) is 17.7 Å². The van der Waals surface area contributed by atoms with Gasteiger partial charge in [0, 0.05) is 26.6 Å². The molecule has 5 nitrogen and oxygen atoms in total. The largest absolute Gasteiger partial charge is 0.342 e. The number of carbonyl (C=O) groups excluding carboxylic acids is 3. The van der Waals surface area contributed by atoms with Crippen molar-refractivity contribution in [2.24, 2.45) is 28.1 Å². The van der Waals surface area contributed by atoms with Crippen molar-refractivity contribution in [2.75, 3.05) is 13.6 Å². The maximum atomic E-state index is 13.3. The van der Waals surface area contributed by atoms with Crippen LogP contribution in [0.2, 0.25) is 0 Å². The van der Waals surface area contributed by atoms with E-state index in [1.54, 1.807) is 11.8 Å². The Morgan fingerprint density at radius 2 is 1.44 bits per heavy atom. The summed E-state index contributed by atoms with van der Waals surface area (Å²) >= 11 is 0. The fourth-order valence-electron chi connectivity index (χ4n) is 4.95. The molecule has 1 aliphatic rings. The van der Waals surface area contributed by atoms with E-state index in [1.165, 1.54) is 4.90 Å². The molecule has 1 saturated heterocycles. The smallest absolute Gasteiger partial charge is 0.233 e. The Labute approximate surface area is 165 Å². The van der Waals surface area contributed by atoms with Crippen molar-refractivity contribution in [2.45, 2.75) is 81.7 Å². The summed E-state index contributed by atoms with van der Waals surface area (Å²) in [5.41, 5.74) is -1.16. The van der Waals surface area contributed by atoms with Crippen molar-refractivity contribution in [1.29, 1.82) is 0 Å². The highest BCUT2D eigenvalue weighted by molar-refractivity contribution is 6.05. The van der Waals surface area contributed by atoms with Crippen LogP contribution in [-0.2, 0) is 14.4 Å². The van der Waals surface area contributed by atoms with Crippen molar-refractivity contribution in [3.05, 3.63) is 0 Å². The molecule has 1 aliphatic heterocycles. The number of hydrogen-bond acceptors (Lipinski definition) is 3. The lowest BCUT2D eigenvalue weighted by molar-refractivity contribution is -0.145. The summed E-state index contributed by atoms with van der Waals surface area (Å²) in [5.74, 6) is -0.881. The minimum absolute atomic E-state index is 0.0158. The SMILES string of the molecule is CCC(N(C)C(C)=O)C(C)(C)C(C)(C)C1C(=O)N(CC)C(=O)C1C(C)(C)C. The van der Waals surface area contributed by atoms with Gasteiger partial charge in [0.25, 0.3) is 0 Å². The van der Waals surface area contributed by atoms with Gasteiger partial charge in [0.15, 0.2) is 0 Å². The number of nitrogens with zero attached hydrogens (tertiary/aromatic N) is 2. The predicted molar refractivity (Wildman–Crippen MR) is 109 cm³/mol. The van der Waals surface area contributed by atoms with Gasteiger partial charge in [-0.1, -0.05) is 55.4 Å². The minimum atomic E-state index is -0.480. The third-order valence-electron chi connectivity index (χ3n) is 7.27. The number of amides is 3. The van der Waals surface area contributed by atoms with Crippen LogP contribution in [0.25, 0.3) is 0 Å². The Bertz CT molecular complexity index is 601. The van der Waals surface area contributed by atoms with E-state index in [0.29, 0.717) is 6.54 Å². The molecule has 0 aromatic heterocycles. The van der Waals surface area contributed by atoms with Gasteiger partial charge in [-0.25, -0.2) is 0 Å². The molecule has 0 radical (unpaired) electrons. The van der Waals surface area contributed by atoms with E-state index in [2.05, 4.69) is 34.6 Å². The second kappa shape index (κ2) is 7.56. The lowest BCUT2D eigenvalue weighted by Crippen LogP contribution is -2.56. The molecular formula is C22H40N2O3. The molecule has 156 valence electrons. The number of likely N-dealkylation sites (tertiary alicyclic amines) is 1. The van der Waals surface area contributed by atoms with Gasteiger partial charge in [-0.15, -0.1) is 0 Å². The van der Waals surface area contributed by atoms with Crippen LogP contribution >= 0.6 is 0 Å². The molecule has 27 heavy (non-hydrogen) atoms. The van der Waals surface area contributed by atoms with E-state index in [1.807, 2.05) is 34.7 Å². The number of hydrogen-bond donors (Lipinski definition) is 0. The second-order valence-corrected chi connectivity index (χ2v) is 10.2. The summed E-state index contributed by atoms with van der Waals surface area (Å²) in [5, 5.41) is 0. The zero-order valence-corrected chi connectivity index (χ0v) is 19.3. The number of carbonyl (C=O) groups is 3. The van der Waals surface area contributed by atoms with Crippen LogP contribution in [0.4, 0.5) is 0 Å². The minimum Gasteiger partial charge on any atom is -0.342 e. The lowest BCUT2D eigenvalue weighted by Gasteiger charge is -2.53. The standard InChI is InChI=1S/C22H40N2O3/c1-12-15(23(11)14(3)25)21(7,8)22(9,10)17-16(20(4,5)6)18(26)24(13-2)19(17)27/h15-17H,12-13H2,1-11H3. The van der Waals surface area contributed by atoms with Crippen LogP contribution in [0.15, 0.2) is 0 Å². The fraction of sp³-hybridized carbons (Fsp3) is 0.864. The maximum absolute atomic E-state index is 13.3. The Morgan fingerprint density at radius 1 is 1.00 bits per heavy atom. The molecule has 0 bridgehead atoms. The first-order valence-corrected chi connectivity index (χ1v) is 10.2. The highest BCUT2D eigenvalue weighted by Crippen LogP contribution is 2.56. The van der Waals surface area contributed by atoms with Gasteiger partial charge in [-0.05, 0) is 29.6 Å². The van der Waals surface area contributed by atoms with E-state index >= 15 is 0 Å². The van der Waals surface area contributed by atoms with Gasteiger partial charge < -0.3 is 4.90 Å². The normalized spacial score (nSPS) is 23.0. The molecule has 3 atom stereocenters. The van der Waals surface area contributed by atoms with Crippen LogP contribution in [0.1, 0.15) is 75.7 Å². The highest BCUT2D eigenvalue weighted by Gasteiger charge is 2.61. The zero-order valence-electron chi connectivity index (χ0n) is 19.3.